The summed E-state index contributed by atoms with van der Waals surface area (Å²) in [6.07, 6.45) is 2.55. The summed E-state index contributed by atoms with van der Waals surface area (Å²) in [4.78, 5) is 15.6. The average molecular weight is 229 g/mol. The van der Waals surface area contributed by atoms with Crippen LogP contribution in [0.4, 0.5) is 0 Å². The SMILES string of the molecule is CN1Cc2cc3cnc(CCN)nc3nc2C1. The molecule has 0 saturated carbocycles. The van der Waals surface area contributed by atoms with Crippen molar-refractivity contribution in [2.75, 3.05) is 13.6 Å². The first-order valence-electron chi connectivity index (χ1n) is 5.79. The average Bonchev–Trinajstić information content (AvgIpc) is 2.65. The molecule has 1 aliphatic heterocycles. The first-order valence-corrected chi connectivity index (χ1v) is 5.79. The zero-order chi connectivity index (χ0) is 11.8. The summed E-state index contributed by atoms with van der Waals surface area (Å²) >= 11 is 0. The normalized spacial score (nSPS) is 15.4. The van der Waals surface area contributed by atoms with E-state index in [-0.39, 0.29) is 0 Å². The Bertz CT molecular complexity index is 566. The first-order chi connectivity index (χ1) is 8.26. The van der Waals surface area contributed by atoms with Crippen molar-refractivity contribution in [1.29, 1.82) is 0 Å². The van der Waals surface area contributed by atoms with Gasteiger partial charge in [0.1, 0.15) is 5.82 Å². The Kier molecular flexibility index (Phi) is 2.49. The minimum Gasteiger partial charge on any atom is -0.330 e. The minimum absolute atomic E-state index is 0.569. The molecular formula is C12H15N5. The van der Waals surface area contributed by atoms with E-state index >= 15 is 0 Å². The van der Waals surface area contributed by atoms with Crippen molar-refractivity contribution in [2.24, 2.45) is 5.73 Å². The van der Waals surface area contributed by atoms with E-state index in [2.05, 4.69) is 33.0 Å². The Labute approximate surface area is 99.7 Å². The Balaban J connectivity index is 2.09. The summed E-state index contributed by atoms with van der Waals surface area (Å²) in [7, 11) is 2.10. The Morgan fingerprint density at radius 1 is 1.35 bits per heavy atom. The fourth-order valence-corrected chi connectivity index (χ4v) is 2.21. The standard InChI is InChI=1S/C12H15N5/c1-17-6-9-4-8-5-14-11(2-3-13)16-12(8)15-10(9)7-17/h4-5H,2-3,6-7,13H2,1H3. The number of fused-ring (bicyclic) bond motifs is 2. The molecule has 0 unspecified atom stereocenters. The Morgan fingerprint density at radius 3 is 3.06 bits per heavy atom. The van der Waals surface area contributed by atoms with E-state index in [0.717, 1.165) is 35.6 Å². The third-order valence-corrected chi connectivity index (χ3v) is 3.01. The maximum Gasteiger partial charge on any atom is 0.163 e. The van der Waals surface area contributed by atoms with Gasteiger partial charge >= 0.3 is 0 Å². The monoisotopic (exact) mass is 229 g/mol. The van der Waals surface area contributed by atoms with E-state index in [1.54, 1.807) is 0 Å². The largest absolute Gasteiger partial charge is 0.330 e. The van der Waals surface area contributed by atoms with Crippen LogP contribution in [0.1, 0.15) is 17.1 Å². The second kappa shape index (κ2) is 4.01. The molecular weight excluding hydrogens is 214 g/mol. The van der Waals surface area contributed by atoms with Crippen LogP contribution in [0.3, 0.4) is 0 Å². The smallest absolute Gasteiger partial charge is 0.163 e. The molecule has 1 aliphatic rings. The fraction of sp³-hybridized carbons (Fsp3) is 0.417. The molecule has 0 atom stereocenters. The molecule has 3 heterocycles. The maximum atomic E-state index is 5.51. The Hall–Kier alpha value is -1.59. The summed E-state index contributed by atoms with van der Waals surface area (Å²) in [5.41, 5.74) is 8.72. The van der Waals surface area contributed by atoms with Crippen molar-refractivity contribution in [3.63, 3.8) is 0 Å². The molecule has 2 N–H and O–H groups in total. The predicted molar refractivity (Wildman–Crippen MR) is 65.3 cm³/mol. The zero-order valence-electron chi connectivity index (χ0n) is 9.85. The van der Waals surface area contributed by atoms with E-state index in [1.807, 2.05) is 6.20 Å². The highest BCUT2D eigenvalue weighted by Crippen LogP contribution is 2.22. The van der Waals surface area contributed by atoms with Crippen molar-refractivity contribution in [3.05, 3.63) is 29.3 Å². The number of nitrogens with two attached hydrogens (primary N) is 1. The topological polar surface area (TPSA) is 67.9 Å². The van der Waals surface area contributed by atoms with Crippen LogP contribution >= 0.6 is 0 Å². The number of nitrogens with zero attached hydrogens (tertiary/aromatic N) is 4. The van der Waals surface area contributed by atoms with Crippen LogP contribution in [0.5, 0.6) is 0 Å². The van der Waals surface area contributed by atoms with Gasteiger partial charge in [0.15, 0.2) is 5.65 Å². The predicted octanol–water partition coefficient (Wildman–Crippen LogP) is 0.471. The van der Waals surface area contributed by atoms with Crippen molar-refractivity contribution in [2.45, 2.75) is 19.5 Å². The third-order valence-electron chi connectivity index (χ3n) is 3.01. The molecule has 2 aromatic heterocycles. The van der Waals surface area contributed by atoms with E-state index in [9.17, 15) is 0 Å². The first kappa shape index (κ1) is 10.6. The molecule has 0 bridgehead atoms. The van der Waals surface area contributed by atoms with Gasteiger partial charge in [-0.3, -0.25) is 4.90 Å². The second-order valence-electron chi connectivity index (χ2n) is 4.50. The number of rotatable bonds is 2. The van der Waals surface area contributed by atoms with Crippen LogP contribution in [0, 0.1) is 0 Å². The summed E-state index contributed by atoms with van der Waals surface area (Å²) in [6.45, 7) is 2.43. The molecule has 2 aromatic rings. The van der Waals surface area contributed by atoms with Gasteiger partial charge in [-0.05, 0) is 25.2 Å². The van der Waals surface area contributed by atoms with Crippen LogP contribution in [0.2, 0.25) is 0 Å². The van der Waals surface area contributed by atoms with Gasteiger partial charge in [0, 0.05) is 31.1 Å². The van der Waals surface area contributed by atoms with Crippen molar-refractivity contribution >= 4 is 11.0 Å². The van der Waals surface area contributed by atoms with Gasteiger partial charge in [0.2, 0.25) is 0 Å². The molecule has 0 fully saturated rings. The third kappa shape index (κ3) is 1.87. The van der Waals surface area contributed by atoms with Gasteiger partial charge in [0.25, 0.3) is 0 Å². The van der Waals surface area contributed by atoms with Crippen LogP contribution in [0.15, 0.2) is 12.3 Å². The van der Waals surface area contributed by atoms with Gasteiger partial charge in [-0.15, -0.1) is 0 Å². The van der Waals surface area contributed by atoms with Crippen molar-refractivity contribution in [3.8, 4) is 0 Å². The van der Waals surface area contributed by atoms with Gasteiger partial charge < -0.3 is 5.73 Å². The lowest BCUT2D eigenvalue weighted by atomic mass is 10.2. The van der Waals surface area contributed by atoms with Gasteiger partial charge in [-0.1, -0.05) is 0 Å². The highest BCUT2D eigenvalue weighted by molar-refractivity contribution is 5.74. The second-order valence-corrected chi connectivity index (χ2v) is 4.50. The molecule has 0 amide bonds. The molecule has 0 radical (unpaired) electrons. The maximum absolute atomic E-state index is 5.51. The summed E-state index contributed by atoms with van der Waals surface area (Å²) in [5.74, 6) is 0.777. The lowest BCUT2D eigenvalue weighted by Gasteiger charge is -2.02. The van der Waals surface area contributed by atoms with Crippen molar-refractivity contribution < 1.29 is 0 Å². The summed E-state index contributed by atoms with van der Waals surface area (Å²) in [6, 6.07) is 2.15. The number of aromatic nitrogens is 3. The molecule has 0 aliphatic carbocycles. The van der Waals surface area contributed by atoms with Gasteiger partial charge in [-0.2, -0.15) is 0 Å². The summed E-state index contributed by atoms with van der Waals surface area (Å²) in [5, 5.41) is 1.01. The minimum atomic E-state index is 0.569. The molecule has 5 heteroatoms. The van der Waals surface area contributed by atoms with E-state index in [0.29, 0.717) is 13.0 Å². The molecule has 0 aromatic carbocycles. The van der Waals surface area contributed by atoms with Crippen LogP contribution < -0.4 is 5.73 Å². The van der Waals surface area contributed by atoms with Crippen molar-refractivity contribution in [1.82, 2.24) is 19.9 Å². The van der Waals surface area contributed by atoms with E-state index in [4.69, 9.17) is 5.73 Å². The quantitative estimate of drug-likeness (QED) is 0.810. The van der Waals surface area contributed by atoms with Crippen LogP contribution in [0.25, 0.3) is 11.0 Å². The number of hydrogen-bond donors (Lipinski definition) is 1. The molecule has 0 spiro atoms. The fourth-order valence-electron chi connectivity index (χ4n) is 2.21. The molecule has 88 valence electrons. The number of pyridine rings is 1. The molecule has 5 nitrogen and oxygen atoms in total. The molecule has 3 rings (SSSR count). The molecule has 0 saturated heterocycles. The number of hydrogen-bond acceptors (Lipinski definition) is 5. The lowest BCUT2D eigenvalue weighted by molar-refractivity contribution is 0.351. The molecule has 17 heavy (non-hydrogen) atoms. The van der Waals surface area contributed by atoms with Crippen LogP contribution in [-0.2, 0) is 19.5 Å². The highest BCUT2D eigenvalue weighted by Gasteiger charge is 2.18. The Morgan fingerprint density at radius 2 is 2.24 bits per heavy atom. The lowest BCUT2D eigenvalue weighted by Crippen LogP contribution is -2.08. The summed E-state index contributed by atoms with van der Waals surface area (Å²) < 4.78 is 0. The van der Waals surface area contributed by atoms with E-state index < -0.39 is 0 Å². The van der Waals surface area contributed by atoms with Crippen LogP contribution in [-0.4, -0.2) is 33.4 Å². The van der Waals surface area contributed by atoms with E-state index in [1.165, 1.54) is 5.56 Å². The van der Waals surface area contributed by atoms with Gasteiger partial charge in [-0.25, -0.2) is 15.0 Å². The highest BCUT2D eigenvalue weighted by atomic mass is 15.1. The zero-order valence-corrected chi connectivity index (χ0v) is 9.85. The van der Waals surface area contributed by atoms with Gasteiger partial charge in [0.05, 0.1) is 5.69 Å².